The topological polar surface area (TPSA) is 19.7 Å². The van der Waals surface area contributed by atoms with Crippen molar-refractivity contribution in [2.75, 3.05) is 0 Å². The summed E-state index contributed by atoms with van der Waals surface area (Å²) in [4.78, 5) is 0. The van der Waals surface area contributed by atoms with Gasteiger partial charge in [0, 0.05) is 87.9 Å². The summed E-state index contributed by atoms with van der Waals surface area (Å²) in [6.45, 7) is 9.98. The van der Waals surface area contributed by atoms with E-state index in [0.29, 0.717) is 0 Å². The van der Waals surface area contributed by atoms with Crippen LogP contribution in [-0.2, 0) is 0 Å². The first-order chi connectivity index (χ1) is 53.4. The van der Waals surface area contributed by atoms with Crippen LogP contribution in [-0.4, -0.2) is 45.1 Å². The molecule has 0 amide bonds. The highest BCUT2D eigenvalue weighted by atomic mass is 15.0. The Bertz CT molecular complexity index is 7000. The normalized spacial score (nSPS) is 12.6. The van der Waals surface area contributed by atoms with E-state index < -0.39 is 0 Å². The zero-order chi connectivity index (χ0) is 71.8. The largest absolute Gasteiger partial charge is 0.310 e. The first kappa shape index (κ1) is 63.5. The summed E-state index contributed by atoms with van der Waals surface area (Å²) in [6, 6.07) is 133. The van der Waals surface area contributed by atoms with Crippen molar-refractivity contribution in [1.82, 2.24) is 18.3 Å². The fraction of sp³-hybridized carbons (Fsp3) is 0.0400. The zero-order valence-electron chi connectivity index (χ0n) is 60.7. The monoisotopic (exact) mass is 1370 g/mol. The number of aromatic nitrogens is 4. The average molecular weight is 1370 g/mol. The van der Waals surface area contributed by atoms with Crippen molar-refractivity contribution in [3.63, 3.8) is 0 Å². The van der Waals surface area contributed by atoms with Gasteiger partial charge in [0.1, 0.15) is 0 Å². The van der Waals surface area contributed by atoms with E-state index in [4.69, 9.17) is 0 Å². The lowest BCUT2D eigenvalue weighted by Gasteiger charge is -2.28. The second-order valence-electron chi connectivity index (χ2n) is 29.8. The van der Waals surface area contributed by atoms with Gasteiger partial charge >= 0.3 is 0 Å². The summed E-state index contributed by atoms with van der Waals surface area (Å²) in [5.41, 5.74) is 37.8. The number of aryl methyl sites for hydroxylation is 4. The molecule has 4 aliphatic heterocycles. The van der Waals surface area contributed by atoms with Crippen LogP contribution >= 0.6 is 0 Å². The Balaban J connectivity index is 0.0000000919. The summed E-state index contributed by atoms with van der Waals surface area (Å²) in [5, 5.41) is 10.8. The average Bonchev–Trinajstić information content (AvgIpc) is 1.53. The molecule has 0 spiro atoms. The highest BCUT2D eigenvalue weighted by Gasteiger charge is 2.39. The second-order valence-corrected chi connectivity index (χ2v) is 29.8. The van der Waals surface area contributed by atoms with Crippen LogP contribution in [0.15, 0.2) is 364 Å². The van der Waals surface area contributed by atoms with Crippen molar-refractivity contribution in [3.8, 4) is 22.7 Å². The van der Waals surface area contributed by atoms with E-state index in [9.17, 15) is 0 Å². The minimum absolute atomic E-state index is 0.265. The van der Waals surface area contributed by atoms with Gasteiger partial charge in [0.2, 0.25) is 26.9 Å². The summed E-state index contributed by atoms with van der Waals surface area (Å²) < 4.78 is 9.88. The number of para-hydroxylation sites is 9. The van der Waals surface area contributed by atoms with Gasteiger partial charge in [-0.15, -0.1) is 0 Å². The molecule has 0 N–H and O–H groups in total. The molecule has 4 aromatic heterocycles. The highest BCUT2D eigenvalue weighted by Crippen LogP contribution is 2.39. The molecule has 16 aromatic carbocycles. The molecule has 0 saturated carbocycles. The van der Waals surface area contributed by atoms with E-state index in [-0.39, 0.29) is 26.9 Å². The maximum Gasteiger partial charge on any atom is 0.247 e. The molecule has 0 unspecified atom stereocenters. The number of fused-ring (bicyclic) bond motifs is 20. The Morgan fingerprint density at radius 3 is 1.08 bits per heavy atom. The molecule has 0 fully saturated rings. The fourth-order valence-corrected chi connectivity index (χ4v) is 19.5. The summed E-state index contributed by atoms with van der Waals surface area (Å²) in [7, 11) is 0. The molecular formula is C100H72B4N4. The number of benzene rings is 16. The fourth-order valence-electron chi connectivity index (χ4n) is 19.5. The van der Waals surface area contributed by atoms with Gasteiger partial charge in [-0.05, 0) is 132 Å². The van der Waals surface area contributed by atoms with Gasteiger partial charge in [-0.3, -0.25) is 0 Å². The Morgan fingerprint density at radius 1 is 0.194 bits per heavy atom. The van der Waals surface area contributed by atoms with Gasteiger partial charge < -0.3 is 18.3 Å². The zero-order valence-corrected chi connectivity index (χ0v) is 60.7. The van der Waals surface area contributed by atoms with Crippen LogP contribution in [0.5, 0.6) is 0 Å². The molecule has 0 radical (unpaired) electrons. The SMILES string of the molecule is Cc1cc2c3c(c1)c1ccccc1n3-c1ccccc1B2c1ccccc1.Cc1ccc2c3c1c1ccccc1n3-c1ccccc1B2c1ccccc1.Cc1ccc2c3ccccc3n3c2c1B(c1ccccc1)c1ccccc1-3.Cc1ccccc1B1c2ccccc2-n2c3ccccc3c3cccc1c32. The van der Waals surface area contributed by atoms with Gasteiger partial charge in [0.05, 0.1) is 22.1 Å². The molecule has 4 nitrogen and oxygen atoms in total. The van der Waals surface area contributed by atoms with Gasteiger partial charge in [0.25, 0.3) is 0 Å². The third-order valence-corrected chi connectivity index (χ3v) is 23.9. The lowest BCUT2D eigenvalue weighted by Crippen LogP contribution is -2.56. The van der Waals surface area contributed by atoms with Gasteiger partial charge in [0.15, 0.2) is 0 Å². The van der Waals surface area contributed by atoms with Crippen molar-refractivity contribution >= 4 is 180 Å². The van der Waals surface area contributed by atoms with E-state index in [1.807, 2.05) is 0 Å². The molecule has 504 valence electrons. The van der Waals surface area contributed by atoms with Crippen LogP contribution in [0, 0.1) is 27.7 Å². The van der Waals surface area contributed by atoms with Crippen LogP contribution in [0.25, 0.3) is 110 Å². The van der Waals surface area contributed by atoms with E-state index in [1.165, 1.54) is 198 Å². The van der Waals surface area contributed by atoms with E-state index >= 15 is 0 Å². The van der Waals surface area contributed by atoms with Gasteiger partial charge in [-0.25, -0.2) is 0 Å². The Morgan fingerprint density at radius 2 is 0.546 bits per heavy atom. The third-order valence-electron chi connectivity index (χ3n) is 23.9. The third kappa shape index (κ3) is 9.62. The maximum absolute atomic E-state index is 2.47. The smallest absolute Gasteiger partial charge is 0.247 e. The molecule has 24 rings (SSSR count). The summed E-state index contributed by atoms with van der Waals surface area (Å²) in [6.07, 6.45) is 0. The predicted octanol–water partition coefficient (Wildman–Crippen LogP) is 15.7. The molecule has 8 heteroatoms. The van der Waals surface area contributed by atoms with Gasteiger partial charge in [-0.1, -0.05) is 348 Å². The van der Waals surface area contributed by atoms with Crippen molar-refractivity contribution in [2.45, 2.75) is 27.7 Å². The molecule has 0 atom stereocenters. The quantitative estimate of drug-likeness (QED) is 0.157. The molecule has 0 aliphatic carbocycles. The van der Waals surface area contributed by atoms with Crippen LogP contribution in [0.2, 0.25) is 0 Å². The second kappa shape index (κ2) is 25.4. The lowest BCUT2D eigenvalue weighted by atomic mass is 9.35. The molecule has 4 aliphatic rings. The molecule has 0 saturated heterocycles. The number of hydrogen-bond donors (Lipinski definition) is 0. The first-order valence-corrected chi connectivity index (χ1v) is 38.0. The standard InChI is InChI=1S/4C25H18BN/c1-17-9-2-4-12-20(17)26-21-13-5-7-16-24(21)27-23-15-6-3-10-18(23)19-11-8-14-22(26)25(19)27;1-17-15-20-19-11-5-7-13-23(19)27-24-14-8-6-12-21(24)26(22(16-17)25(20)27)18-9-3-2-4-10-18;1-17-15-16-20-19-11-5-7-13-22(19)27-23-14-8-6-12-21(23)26(24(17)25(20)27)18-9-3-2-4-10-18;1-17-15-16-21-25-24(17)19-11-5-7-13-22(19)27(25)23-14-8-6-12-20(23)26(21)18-9-3-2-4-10-18/h4*2-16H,1H3. The number of rotatable bonds is 4. The minimum Gasteiger partial charge on any atom is -0.310 e. The van der Waals surface area contributed by atoms with Crippen LogP contribution in [0.4, 0.5) is 0 Å². The molecule has 8 heterocycles. The van der Waals surface area contributed by atoms with Crippen molar-refractivity contribution in [3.05, 3.63) is 386 Å². The molecular weight excluding hydrogens is 1300 g/mol. The lowest BCUT2D eigenvalue weighted by molar-refractivity contribution is 1.19. The van der Waals surface area contributed by atoms with Crippen LogP contribution < -0.4 is 65.6 Å². The Labute approximate surface area is 630 Å². The van der Waals surface area contributed by atoms with Crippen molar-refractivity contribution in [2.24, 2.45) is 0 Å². The van der Waals surface area contributed by atoms with E-state index in [0.717, 1.165) is 0 Å². The van der Waals surface area contributed by atoms with Crippen molar-refractivity contribution in [1.29, 1.82) is 0 Å². The number of hydrogen-bond acceptors (Lipinski definition) is 0. The van der Waals surface area contributed by atoms with E-state index in [2.05, 4.69) is 410 Å². The summed E-state index contributed by atoms with van der Waals surface area (Å²) >= 11 is 0. The first-order valence-electron chi connectivity index (χ1n) is 38.0. The van der Waals surface area contributed by atoms with Crippen LogP contribution in [0.3, 0.4) is 0 Å². The predicted molar refractivity (Wildman–Crippen MR) is 466 cm³/mol. The van der Waals surface area contributed by atoms with Gasteiger partial charge in [-0.2, -0.15) is 0 Å². The minimum atomic E-state index is 0.265. The maximum atomic E-state index is 2.47. The Kier molecular flexibility index (Phi) is 14.9. The highest BCUT2D eigenvalue weighted by molar-refractivity contribution is 7.00. The Hall–Kier alpha value is -13.0. The molecule has 20 aromatic rings. The number of nitrogens with zero attached hydrogens (tertiary/aromatic N) is 4. The summed E-state index contributed by atoms with van der Waals surface area (Å²) in [5.74, 6) is 0. The van der Waals surface area contributed by atoms with Crippen LogP contribution in [0.1, 0.15) is 22.3 Å². The molecule has 108 heavy (non-hydrogen) atoms. The van der Waals surface area contributed by atoms with E-state index in [1.54, 1.807) is 0 Å². The molecule has 0 bridgehead atoms. The van der Waals surface area contributed by atoms with Crippen molar-refractivity contribution < 1.29 is 0 Å².